The van der Waals surface area contributed by atoms with Crippen molar-refractivity contribution in [2.45, 2.75) is 11.8 Å². The fourth-order valence-corrected chi connectivity index (χ4v) is 4.10. The Balaban J connectivity index is 2.36. The number of ether oxygens (including phenoxy) is 1. The summed E-state index contributed by atoms with van der Waals surface area (Å²) in [5.41, 5.74) is 2.29. The van der Waals surface area contributed by atoms with Gasteiger partial charge in [0.2, 0.25) is 0 Å². The lowest BCUT2D eigenvalue weighted by Crippen LogP contribution is -1.93. The van der Waals surface area contributed by atoms with Crippen LogP contribution in [0.5, 0.6) is 5.75 Å². The molecule has 2 rings (SSSR count). The largest absolute Gasteiger partial charge is 0.496 e. The van der Waals surface area contributed by atoms with Crippen molar-refractivity contribution in [3.05, 3.63) is 49.1 Å². The summed E-state index contributed by atoms with van der Waals surface area (Å²) in [4.78, 5) is 1.29. The predicted molar refractivity (Wildman–Crippen MR) is 85.5 cm³/mol. The van der Waals surface area contributed by atoms with Gasteiger partial charge in [-0.1, -0.05) is 39.7 Å². The van der Waals surface area contributed by atoms with Crippen LogP contribution in [0.2, 0.25) is 5.02 Å². The standard InChI is InChI=1S/C13H11Br2ClOS/c1-7-3-4-8(5-10(7)17-2)12(14)11-6-9(16)13(15)18-11/h3-6,12H,1-2H3. The van der Waals surface area contributed by atoms with Crippen LogP contribution in [0, 0.1) is 6.92 Å². The molecule has 0 radical (unpaired) electrons. The van der Waals surface area contributed by atoms with E-state index in [-0.39, 0.29) is 4.83 Å². The van der Waals surface area contributed by atoms with Gasteiger partial charge >= 0.3 is 0 Å². The third-order valence-electron chi connectivity index (χ3n) is 2.64. The second-order valence-electron chi connectivity index (χ2n) is 3.86. The number of methoxy groups -OCH3 is 1. The summed E-state index contributed by atoms with van der Waals surface area (Å²) >= 11 is 14.8. The molecule has 1 aromatic carbocycles. The monoisotopic (exact) mass is 408 g/mol. The average molecular weight is 411 g/mol. The molecule has 0 saturated heterocycles. The van der Waals surface area contributed by atoms with Crippen molar-refractivity contribution < 1.29 is 4.74 Å². The van der Waals surface area contributed by atoms with E-state index in [0.717, 1.165) is 30.6 Å². The highest BCUT2D eigenvalue weighted by molar-refractivity contribution is 9.11. The number of benzene rings is 1. The molecule has 0 aliphatic heterocycles. The fraction of sp³-hybridized carbons (Fsp3) is 0.231. The van der Waals surface area contributed by atoms with Crippen LogP contribution in [0.4, 0.5) is 0 Å². The molecular formula is C13H11Br2ClOS. The number of thiophene rings is 1. The van der Waals surface area contributed by atoms with Crippen LogP contribution in [-0.4, -0.2) is 7.11 Å². The molecule has 1 nitrogen and oxygen atoms in total. The Morgan fingerprint density at radius 3 is 2.61 bits per heavy atom. The molecule has 0 saturated carbocycles. The predicted octanol–water partition coefficient (Wildman–Crippen LogP) is 5.97. The van der Waals surface area contributed by atoms with Crippen molar-refractivity contribution in [3.63, 3.8) is 0 Å². The average Bonchev–Trinajstić information content (AvgIpc) is 2.69. The molecule has 5 heteroatoms. The van der Waals surface area contributed by atoms with Crippen molar-refractivity contribution >= 4 is 54.8 Å². The molecule has 1 aromatic heterocycles. The van der Waals surface area contributed by atoms with Crippen LogP contribution in [0.15, 0.2) is 28.1 Å². The minimum atomic E-state index is 0.126. The normalized spacial score (nSPS) is 12.5. The Bertz CT molecular complexity index is 549. The first-order chi connectivity index (χ1) is 8.52. The third-order valence-corrected chi connectivity index (χ3v) is 6.50. The van der Waals surface area contributed by atoms with Crippen molar-refractivity contribution in [2.75, 3.05) is 7.11 Å². The number of alkyl halides is 1. The van der Waals surface area contributed by atoms with E-state index in [2.05, 4.69) is 50.1 Å². The first kappa shape index (κ1) is 14.4. The zero-order chi connectivity index (χ0) is 13.3. The smallest absolute Gasteiger partial charge is 0.122 e. The van der Waals surface area contributed by atoms with Crippen LogP contribution in [-0.2, 0) is 0 Å². The second kappa shape index (κ2) is 5.95. The minimum Gasteiger partial charge on any atom is -0.496 e. The van der Waals surface area contributed by atoms with Crippen molar-refractivity contribution in [2.24, 2.45) is 0 Å². The van der Waals surface area contributed by atoms with Crippen molar-refractivity contribution in [3.8, 4) is 5.75 Å². The number of rotatable bonds is 3. The van der Waals surface area contributed by atoms with E-state index in [1.54, 1.807) is 18.4 Å². The van der Waals surface area contributed by atoms with E-state index in [9.17, 15) is 0 Å². The molecule has 1 unspecified atom stereocenters. The van der Waals surface area contributed by atoms with E-state index in [0.29, 0.717) is 0 Å². The molecule has 96 valence electrons. The van der Waals surface area contributed by atoms with Crippen LogP contribution in [0.1, 0.15) is 20.8 Å². The highest BCUT2D eigenvalue weighted by atomic mass is 79.9. The Kier molecular flexibility index (Phi) is 4.75. The highest BCUT2D eigenvalue weighted by Crippen LogP contribution is 2.42. The minimum absolute atomic E-state index is 0.126. The summed E-state index contributed by atoms with van der Waals surface area (Å²) in [5.74, 6) is 0.902. The molecule has 0 N–H and O–H groups in total. The first-order valence-corrected chi connectivity index (χ1v) is 8.16. The molecule has 2 aromatic rings. The van der Waals surface area contributed by atoms with Gasteiger partial charge < -0.3 is 4.74 Å². The molecule has 0 spiro atoms. The SMILES string of the molecule is COc1cc(C(Br)c2cc(Cl)c(Br)s2)ccc1C. The topological polar surface area (TPSA) is 9.23 Å². The Morgan fingerprint density at radius 2 is 2.06 bits per heavy atom. The lowest BCUT2D eigenvalue weighted by molar-refractivity contribution is 0.411. The second-order valence-corrected chi connectivity index (χ2v) is 7.59. The third kappa shape index (κ3) is 2.93. The lowest BCUT2D eigenvalue weighted by Gasteiger charge is -2.11. The van der Waals surface area contributed by atoms with Gasteiger partial charge in [-0.05, 0) is 46.1 Å². The van der Waals surface area contributed by atoms with Crippen LogP contribution in [0.25, 0.3) is 0 Å². The molecule has 18 heavy (non-hydrogen) atoms. The Morgan fingerprint density at radius 1 is 1.33 bits per heavy atom. The number of aryl methyl sites for hydroxylation is 1. The quantitative estimate of drug-likeness (QED) is 0.567. The van der Waals surface area contributed by atoms with E-state index in [1.807, 2.05) is 13.0 Å². The summed E-state index contributed by atoms with van der Waals surface area (Å²) in [6, 6.07) is 8.18. The maximum Gasteiger partial charge on any atom is 0.122 e. The van der Waals surface area contributed by atoms with Crippen molar-refractivity contribution in [1.82, 2.24) is 0 Å². The van der Waals surface area contributed by atoms with Gasteiger partial charge in [-0.25, -0.2) is 0 Å². The number of hydrogen-bond donors (Lipinski definition) is 0. The first-order valence-electron chi connectivity index (χ1n) is 5.26. The van der Waals surface area contributed by atoms with E-state index in [4.69, 9.17) is 16.3 Å². The van der Waals surface area contributed by atoms with Gasteiger partial charge in [0.05, 0.1) is 20.7 Å². The highest BCUT2D eigenvalue weighted by Gasteiger charge is 2.16. The van der Waals surface area contributed by atoms with Crippen molar-refractivity contribution in [1.29, 1.82) is 0 Å². The summed E-state index contributed by atoms with van der Waals surface area (Å²) in [5, 5.41) is 0.749. The van der Waals surface area contributed by atoms with Gasteiger partial charge in [0.15, 0.2) is 0 Å². The molecular weight excluding hydrogens is 399 g/mol. The fourth-order valence-electron chi connectivity index (χ4n) is 1.65. The Hall–Kier alpha value is -0.0300. The maximum absolute atomic E-state index is 6.06. The number of halogens is 3. The molecule has 0 fully saturated rings. The molecule has 0 aliphatic rings. The van der Waals surface area contributed by atoms with Gasteiger partial charge in [-0.15, -0.1) is 11.3 Å². The summed E-state index contributed by atoms with van der Waals surface area (Å²) < 4.78 is 6.31. The van der Waals surface area contributed by atoms with E-state index in [1.165, 1.54) is 0 Å². The zero-order valence-corrected chi connectivity index (χ0v) is 14.6. The molecule has 1 heterocycles. The van der Waals surface area contributed by atoms with Gasteiger partial charge in [0.25, 0.3) is 0 Å². The molecule has 0 aliphatic carbocycles. The zero-order valence-electron chi connectivity index (χ0n) is 9.84. The summed E-state index contributed by atoms with van der Waals surface area (Å²) in [6.45, 7) is 2.03. The summed E-state index contributed by atoms with van der Waals surface area (Å²) in [7, 11) is 1.69. The van der Waals surface area contributed by atoms with Gasteiger partial charge in [-0.3, -0.25) is 0 Å². The summed E-state index contributed by atoms with van der Waals surface area (Å²) in [6.07, 6.45) is 0. The molecule has 1 atom stereocenters. The molecule has 0 amide bonds. The maximum atomic E-state index is 6.06. The van der Waals surface area contributed by atoms with E-state index < -0.39 is 0 Å². The van der Waals surface area contributed by atoms with Gasteiger partial charge in [0, 0.05) is 4.88 Å². The van der Waals surface area contributed by atoms with Crippen LogP contribution in [0.3, 0.4) is 0 Å². The number of hydrogen-bond acceptors (Lipinski definition) is 2. The molecule has 0 bridgehead atoms. The van der Waals surface area contributed by atoms with Crippen LogP contribution < -0.4 is 4.74 Å². The van der Waals surface area contributed by atoms with Gasteiger partial charge in [-0.2, -0.15) is 0 Å². The van der Waals surface area contributed by atoms with E-state index >= 15 is 0 Å². The van der Waals surface area contributed by atoms with Gasteiger partial charge in [0.1, 0.15) is 5.75 Å². The van der Waals surface area contributed by atoms with Crippen LogP contribution >= 0.6 is 54.8 Å². The Labute approximate surface area is 132 Å². The lowest BCUT2D eigenvalue weighted by atomic mass is 10.1.